The molecule has 0 amide bonds. The van der Waals surface area contributed by atoms with Gasteiger partial charge in [0.2, 0.25) is 0 Å². The molecule has 9 heteroatoms. The zero-order chi connectivity index (χ0) is 26.1. The molecule has 3 aromatic carbocycles. The highest BCUT2D eigenvalue weighted by Gasteiger charge is 2.59. The highest BCUT2D eigenvalue weighted by Crippen LogP contribution is 2.50. The SMILES string of the molecule is C[C@@H](c1ccc(OCc2ccc(C(=O)O)cc2)cc1Cl)[C@](O)(c1cnc2ccccc2c1)C(F)(F)F. The number of carboxylic acid groups (broad SMARTS) is 1. The summed E-state index contributed by atoms with van der Waals surface area (Å²) in [5.74, 6) is -2.20. The number of alkyl halides is 3. The zero-order valence-corrected chi connectivity index (χ0v) is 19.7. The summed E-state index contributed by atoms with van der Waals surface area (Å²) < 4.78 is 48.7. The molecule has 5 nitrogen and oxygen atoms in total. The maximum Gasteiger partial charge on any atom is 0.422 e. The van der Waals surface area contributed by atoms with E-state index in [-0.39, 0.29) is 28.3 Å². The number of benzene rings is 3. The van der Waals surface area contributed by atoms with Crippen molar-refractivity contribution in [2.24, 2.45) is 0 Å². The van der Waals surface area contributed by atoms with Gasteiger partial charge in [-0.2, -0.15) is 13.2 Å². The first kappa shape index (κ1) is 25.5. The maximum absolute atomic E-state index is 14.3. The van der Waals surface area contributed by atoms with Crippen molar-refractivity contribution in [3.8, 4) is 5.75 Å². The van der Waals surface area contributed by atoms with E-state index < -0.39 is 23.7 Å². The molecule has 0 aliphatic rings. The summed E-state index contributed by atoms with van der Waals surface area (Å²) in [5.41, 5.74) is -2.20. The molecule has 4 aromatic rings. The van der Waals surface area contributed by atoms with Gasteiger partial charge in [0.25, 0.3) is 0 Å². The van der Waals surface area contributed by atoms with Crippen LogP contribution in [0.15, 0.2) is 79.0 Å². The van der Waals surface area contributed by atoms with Gasteiger partial charge in [-0.25, -0.2) is 4.79 Å². The summed E-state index contributed by atoms with van der Waals surface area (Å²) in [4.78, 5) is 15.1. The number of aromatic nitrogens is 1. The Labute approximate surface area is 209 Å². The number of halogens is 4. The van der Waals surface area contributed by atoms with Crippen LogP contribution in [0.4, 0.5) is 13.2 Å². The summed E-state index contributed by atoms with van der Waals surface area (Å²) in [6.45, 7) is 1.36. The van der Waals surface area contributed by atoms with E-state index in [4.69, 9.17) is 21.4 Å². The molecule has 0 aliphatic heterocycles. The lowest BCUT2D eigenvalue weighted by Gasteiger charge is -2.37. The van der Waals surface area contributed by atoms with Crippen LogP contribution in [0.3, 0.4) is 0 Å². The number of hydrogen-bond acceptors (Lipinski definition) is 4. The van der Waals surface area contributed by atoms with E-state index in [2.05, 4.69) is 4.98 Å². The van der Waals surface area contributed by atoms with E-state index in [0.717, 1.165) is 6.20 Å². The van der Waals surface area contributed by atoms with E-state index in [1.54, 1.807) is 36.4 Å². The number of hydrogen-bond donors (Lipinski definition) is 2. The Morgan fingerprint density at radius 2 is 1.75 bits per heavy atom. The Balaban J connectivity index is 1.60. The van der Waals surface area contributed by atoms with Gasteiger partial charge < -0.3 is 14.9 Å². The average molecular weight is 516 g/mol. The van der Waals surface area contributed by atoms with Gasteiger partial charge in [0.15, 0.2) is 5.60 Å². The molecule has 0 fully saturated rings. The van der Waals surface area contributed by atoms with Crippen LogP contribution in [0.1, 0.15) is 39.9 Å². The van der Waals surface area contributed by atoms with Gasteiger partial charge in [-0.05, 0) is 47.5 Å². The van der Waals surface area contributed by atoms with Crippen LogP contribution in [0.5, 0.6) is 5.75 Å². The van der Waals surface area contributed by atoms with Crippen LogP contribution < -0.4 is 4.74 Å². The normalized spacial score (nSPS) is 14.3. The molecule has 1 aromatic heterocycles. The van der Waals surface area contributed by atoms with Crippen molar-refractivity contribution in [1.82, 2.24) is 4.98 Å². The monoisotopic (exact) mass is 515 g/mol. The summed E-state index contributed by atoms with van der Waals surface area (Å²) in [7, 11) is 0. The fourth-order valence-corrected chi connectivity index (χ4v) is 4.36. The van der Waals surface area contributed by atoms with Crippen LogP contribution in [0, 0.1) is 0 Å². The number of pyridine rings is 1. The first-order valence-corrected chi connectivity index (χ1v) is 11.3. The van der Waals surface area contributed by atoms with Gasteiger partial charge in [-0.1, -0.05) is 54.9 Å². The molecule has 0 saturated heterocycles. The van der Waals surface area contributed by atoms with Crippen LogP contribution in [0.2, 0.25) is 5.02 Å². The predicted molar refractivity (Wildman–Crippen MR) is 129 cm³/mol. The molecular weight excluding hydrogens is 495 g/mol. The quantitative estimate of drug-likeness (QED) is 0.285. The van der Waals surface area contributed by atoms with Gasteiger partial charge in [-0.3, -0.25) is 4.98 Å². The number of aliphatic hydroxyl groups is 1. The lowest BCUT2D eigenvalue weighted by atomic mass is 9.78. The Kier molecular flexibility index (Phi) is 6.93. The van der Waals surface area contributed by atoms with Gasteiger partial charge in [0, 0.05) is 28.1 Å². The van der Waals surface area contributed by atoms with Crippen molar-refractivity contribution in [3.63, 3.8) is 0 Å². The second-order valence-corrected chi connectivity index (χ2v) is 8.78. The number of fused-ring (bicyclic) bond motifs is 1. The van der Waals surface area contributed by atoms with Crippen LogP contribution in [-0.4, -0.2) is 27.3 Å². The Hall–Kier alpha value is -3.62. The third-order valence-electron chi connectivity index (χ3n) is 6.13. The van der Waals surface area contributed by atoms with E-state index >= 15 is 0 Å². The largest absolute Gasteiger partial charge is 0.489 e. The minimum Gasteiger partial charge on any atom is -0.489 e. The van der Waals surface area contributed by atoms with E-state index in [1.165, 1.54) is 43.3 Å². The van der Waals surface area contributed by atoms with Crippen LogP contribution in [0.25, 0.3) is 10.9 Å². The van der Waals surface area contributed by atoms with Gasteiger partial charge in [-0.15, -0.1) is 0 Å². The van der Waals surface area contributed by atoms with E-state index in [9.17, 15) is 23.1 Å². The third kappa shape index (κ3) is 4.87. The minimum atomic E-state index is -5.02. The smallest absolute Gasteiger partial charge is 0.422 e. The lowest BCUT2D eigenvalue weighted by molar-refractivity contribution is -0.274. The molecular formula is C27H21ClF3NO4. The Morgan fingerprint density at radius 1 is 1.06 bits per heavy atom. The fourth-order valence-electron chi connectivity index (χ4n) is 4.02. The summed E-state index contributed by atoms with van der Waals surface area (Å²) in [6.07, 6.45) is -3.98. The summed E-state index contributed by atoms with van der Waals surface area (Å²) in [6, 6.07) is 18.3. The van der Waals surface area contributed by atoms with Crippen molar-refractivity contribution in [1.29, 1.82) is 0 Å². The van der Waals surface area contributed by atoms with Gasteiger partial charge >= 0.3 is 12.1 Å². The average Bonchev–Trinajstić information content (AvgIpc) is 2.86. The maximum atomic E-state index is 14.3. The van der Waals surface area contributed by atoms with Crippen molar-refractivity contribution >= 4 is 28.5 Å². The molecule has 0 radical (unpaired) electrons. The standard InChI is InChI=1S/C27H21ClF3NO4/c1-16(26(35,27(29,30)31)20-12-19-4-2-3-5-24(19)32-14-20)22-11-10-21(13-23(22)28)36-15-17-6-8-18(9-7-17)25(33)34/h2-14,16,35H,15H2,1H3,(H,33,34)/t16-,26-/m0/s1. The predicted octanol–water partition coefficient (Wildman–Crippen LogP) is 6.72. The number of rotatable bonds is 7. The second-order valence-electron chi connectivity index (χ2n) is 8.38. The number of carbonyl (C=O) groups is 1. The number of nitrogens with zero attached hydrogens (tertiary/aromatic N) is 1. The van der Waals surface area contributed by atoms with Gasteiger partial charge in [0.1, 0.15) is 12.4 Å². The van der Waals surface area contributed by atoms with Crippen molar-refractivity contribution in [2.45, 2.75) is 31.2 Å². The molecule has 4 rings (SSSR count). The first-order chi connectivity index (χ1) is 17.0. The topological polar surface area (TPSA) is 79.7 Å². The summed E-state index contributed by atoms with van der Waals surface area (Å²) in [5, 5.41) is 20.6. The molecule has 0 spiro atoms. The molecule has 0 bridgehead atoms. The molecule has 0 unspecified atom stereocenters. The van der Waals surface area contributed by atoms with Gasteiger partial charge in [0.05, 0.1) is 11.1 Å². The van der Waals surface area contributed by atoms with E-state index in [0.29, 0.717) is 22.2 Å². The fraction of sp³-hybridized carbons (Fsp3) is 0.185. The second kappa shape index (κ2) is 9.79. The molecule has 0 saturated carbocycles. The molecule has 2 N–H and O–H groups in total. The minimum absolute atomic E-state index is 0.00218. The molecule has 186 valence electrons. The summed E-state index contributed by atoms with van der Waals surface area (Å²) >= 11 is 6.36. The van der Waals surface area contributed by atoms with Crippen molar-refractivity contribution in [2.75, 3.05) is 0 Å². The highest BCUT2D eigenvalue weighted by molar-refractivity contribution is 6.31. The number of aromatic carboxylic acids is 1. The van der Waals surface area contributed by atoms with Crippen LogP contribution in [-0.2, 0) is 12.2 Å². The highest BCUT2D eigenvalue weighted by atomic mass is 35.5. The molecule has 36 heavy (non-hydrogen) atoms. The molecule has 2 atom stereocenters. The van der Waals surface area contributed by atoms with Crippen molar-refractivity contribution in [3.05, 3.63) is 106 Å². The molecule has 1 heterocycles. The molecule has 0 aliphatic carbocycles. The lowest BCUT2D eigenvalue weighted by Crippen LogP contribution is -2.46. The third-order valence-corrected chi connectivity index (χ3v) is 6.46. The van der Waals surface area contributed by atoms with E-state index in [1.807, 2.05) is 0 Å². The number of carboxylic acids is 1. The Bertz CT molecular complexity index is 1410. The zero-order valence-electron chi connectivity index (χ0n) is 19.0. The number of para-hydroxylation sites is 1. The van der Waals surface area contributed by atoms with Crippen LogP contribution >= 0.6 is 11.6 Å². The first-order valence-electron chi connectivity index (χ1n) is 10.9. The van der Waals surface area contributed by atoms with Crippen molar-refractivity contribution < 1.29 is 32.9 Å². The number of ether oxygens (including phenoxy) is 1. The Morgan fingerprint density at radius 3 is 2.39 bits per heavy atom.